The number of benzene rings is 1. The summed E-state index contributed by atoms with van der Waals surface area (Å²) in [5.74, 6) is -0.192. The van der Waals surface area contributed by atoms with Crippen LogP contribution < -0.4 is 5.32 Å². The van der Waals surface area contributed by atoms with Gasteiger partial charge in [0.05, 0.1) is 0 Å². The summed E-state index contributed by atoms with van der Waals surface area (Å²) in [5.41, 5.74) is 0.679. The smallest absolute Gasteiger partial charge is 0.179 e. The molecule has 0 saturated heterocycles. The van der Waals surface area contributed by atoms with Crippen LogP contribution >= 0.6 is 23.1 Å². The predicted octanol–water partition coefficient (Wildman–Crippen LogP) is 3.42. The molecule has 2 rings (SSSR count). The molecular formula is C12H14FN3S2. The van der Waals surface area contributed by atoms with Gasteiger partial charge < -0.3 is 5.32 Å². The summed E-state index contributed by atoms with van der Waals surface area (Å²) in [5, 5.41) is 12.0. The summed E-state index contributed by atoms with van der Waals surface area (Å²) in [6.07, 6.45) is 0. The fourth-order valence-electron chi connectivity index (χ4n) is 1.58. The van der Waals surface area contributed by atoms with Crippen LogP contribution in [0.25, 0.3) is 0 Å². The van der Waals surface area contributed by atoms with Gasteiger partial charge in [-0.2, -0.15) is 0 Å². The molecule has 2 aromatic rings. The standard InChI is InChI=1S/C12H14FN3S2/c1-7(14-3)11-9(13)5-4-6-10(11)18-12-16-15-8(2)17-12/h4-7,14H,1-3H3. The molecule has 0 aliphatic heterocycles. The molecular weight excluding hydrogens is 269 g/mol. The van der Waals surface area contributed by atoms with Crippen LogP contribution in [-0.4, -0.2) is 17.2 Å². The summed E-state index contributed by atoms with van der Waals surface area (Å²) < 4.78 is 14.7. The molecule has 1 aromatic heterocycles. The van der Waals surface area contributed by atoms with Crippen molar-refractivity contribution in [3.8, 4) is 0 Å². The van der Waals surface area contributed by atoms with Gasteiger partial charge >= 0.3 is 0 Å². The van der Waals surface area contributed by atoms with Crippen molar-refractivity contribution >= 4 is 23.1 Å². The minimum Gasteiger partial charge on any atom is -0.313 e. The van der Waals surface area contributed by atoms with Gasteiger partial charge in [0.15, 0.2) is 4.34 Å². The van der Waals surface area contributed by atoms with E-state index in [4.69, 9.17) is 0 Å². The van der Waals surface area contributed by atoms with Crippen molar-refractivity contribution in [3.63, 3.8) is 0 Å². The maximum absolute atomic E-state index is 13.9. The van der Waals surface area contributed by atoms with E-state index >= 15 is 0 Å². The third-order valence-electron chi connectivity index (χ3n) is 2.58. The molecule has 1 heterocycles. The molecule has 0 fully saturated rings. The van der Waals surface area contributed by atoms with E-state index < -0.39 is 0 Å². The van der Waals surface area contributed by atoms with Crippen LogP contribution in [0.3, 0.4) is 0 Å². The summed E-state index contributed by atoms with van der Waals surface area (Å²) >= 11 is 2.97. The maximum atomic E-state index is 13.9. The Hall–Kier alpha value is -0.980. The highest BCUT2D eigenvalue weighted by Gasteiger charge is 2.16. The first-order valence-electron chi connectivity index (χ1n) is 5.55. The van der Waals surface area contributed by atoms with Crippen LogP contribution in [0.2, 0.25) is 0 Å². The number of nitrogens with zero attached hydrogens (tertiary/aromatic N) is 2. The Morgan fingerprint density at radius 3 is 2.78 bits per heavy atom. The number of hydrogen-bond acceptors (Lipinski definition) is 5. The van der Waals surface area contributed by atoms with E-state index in [2.05, 4.69) is 15.5 Å². The molecule has 0 spiro atoms. The molecule has 1 unspecified atom stereocenters. The Labute approximate surface area is 114 Å². The molecule has 0 saturated carbocycles. The maximum Gasteiger partial charge on any atom is 0.179 e. The average molecular weight is 283 g/mol. The molecule has 0 aliphatic rings. The zero-order valence-electron chi connectivity index (χ0n) is 10.4. The van der Waals surface area contributed by atoms with Gasteiger partial charge in [0.2, 0.25) is 0 Å². The molecule has 0 bridgehead atoms. The van der Waals surface area contributed by atoms with E-state index in [-0.39, 0.29) is 11.9 Å². The van der Waals surface area contributed by atoms with Gasteiger partial charge in [-0.15, -0.1) is 10.2 Å². The van der Waals surface area contributed by atoms with Crippen molar-refractivity contribution in [1.82, 2.24) is 15.5 Å². The zero-order chi connectivity index (χ0) is 13.1. The predicted molar refractivity (Wildman–Crippen MR) is 72.6 cm³/mol. The minimum absolute atomic E-state index is 0.0391. The molecule has 18 heavy (non-hydrogen) atoms. The second-order valence-electron chi connectivity index (χ2n) is 3.85. The van der Waals surface area contributed by atoms with E-state index in [9.17, 15) is 4.39 Å². The van der Waals surface area contributed by atoms with E-state index in [1.165, 1.54) is 29.2 Å². The Morgan fingerprint density at radius 2 is 2.17 bits per heavy atom. The van der Waals surface area contributed by atoms with Crippen LogP contribution in [-0.2, 0) is 0 Å². The van der Waals surface area contributed by atoms with Crippen molar-refractivity contribution in [2.75, 3.05) is 7.05 Å². The first kappa shape index (κ1) is 13.5. The number of rotatable bonds is 4. The van der Waals surface area contributed by atoms with Crippen LogP contribution in [0.4, 0.5) is 4.39 Å². The van der Waals surface area contributed by atoms with Crippen molar-refractivity contribution in [3.05, 3.63) is 34.6 Å². The van der Waals surface area contributed by atoms with Crippen LogP contribution in [0.1, 0.15) is 23.5 Å². The lowest BCUT2D eigenvalue weighted by Crippen LogP contribution is -2.14. The Kier molecular flexibility index (Phi) is 4.31. The van der Waals surface area contributed by atoms with Gasteiger partial charge in [0.1, 0.15) is 10.8 Å². The van der Waals surface area contributed by atoms with Crippen LogP contribution in [0.5, 0.6) is 0 Å². The highest BCUT2D eigenvalue weighted by Crippen LogP contribution is 2.35. The van der Waals surface area contributed by atoms with E-state index in [0.29, 0.717) is 5.56 Å². The lowest BCUT2D eigenvalue weighted by Gasteiger charge is -2.15. The molecule has 3 nitrogen and oxygen atoms in total. The van der Waals surface area contributed by atoms with Gasteiger partial charge in [-0.05, 0) is 33.0 Å². The van der Waals surface area contributed by atoms with Gasteiger partial charge in [0.25, 0.3) is 0 Å². The highest BCUT2D eigenvalue weighted by atomic mass is 32.2. The molecule has 6 heteroatoms. The number of aromatic nitrogens is 2. The molecule has 0 radical (unpaired) electrons. The van der Waals surface area contributed by atoms with Gasteiger partial charge in [-0.3, -0.25) is 0 Å². The quantitative estimate of drug-likeness (QED) is 0.933. The summed E-state index contributed by atoms with van der Waals surface area (Å²) in [6.45, 7) is 3.85. The third kappa shape index (κ3) is 2.88. The molecule has 1 atom stereocenters. The zero-order valence-corrected chi connectivity index (χ0v) is 12.0. The Bertz CT molecular complexity index is 542. The number of halogens is 1. The van der Waals surface area contributed by atoms with Gasteiger partial charge in [0, 0.05) is 16.5 Å². The monoisotopic (exact) mass is 283 g/mol. The van der Waals surface area contributed by atoms with Crippen molar-refractivity contribution in [1.29, 1.82) is 0 Å². The Morgan fingerprint density at radius 1 is 1.39 bits per heavy atom. The number of hydrogen-bond donors (Lipinski definition) is 1. The van der Waals surface area contributed by atoms with E-state index in [0.717, 1.165) is 14.2 Å². The molecule has 96 valence electrons. The SMILES string of the molecule is CNC(C)c1c(F)cccc1Sc1nnc(C)s1. The van der Waals surface area contributed by atoms with E-state index in [1.807, 2.05) is 27.0 Å². The fourth-order valence-corrected chi connectivity index (χ4v) is 3.60. The molecule has 1 aromatic carbocycles. The van der Waals surface area contributed by atoms with Gasteiger partial charge in [-0.25, -0.2) is 4.39 Å². The lowest BCUT2D eigenvalue weighted by molar-refractivity contribution is 0.552. The second-order valence-corrected chi connectivity index (χ2v) is 6.32. The van der Waals surface area contributed by atoms with E-state index in [1.54, 1.807) is 6.07 Å². The van der Waals surface area contributed by atoms with Gasteiger partial charge in [-0.1, -0.05) is 29.2 Å². The molecule has 0 aliphatic carbocycles. The largest absolute Gasteiger partial charge is 0.313 e. The summed E-state index contributed by atoms with van der Waals surface area (Å²) in [6, 6.07) is 5.08. The Balaban J connectivity index is 2.35. The van der Waals surface area contributed by atoms with Crippen molar-refractivity contribution in [2.45, 2.75) is 29.1 Å². The first-order chi connectivity index (χ1) is 8.61. The lowest BCUT2D eigenvalue weighted by atomic mass is 10.1. The third-order valence-corrected chi connectivity index (χ3v) is 4.55. The van der Waals surface area contributed by atoms with Crippen molar-refractivity contribution < 1.29 is 4.39 Å². The number of aryl methyl sites for hydroxylation is 1. The molecule has 1 N–H and O–H groups in total. The van der Waals surface area contributed by atoms with Crippen molar-refractivity contribution in [2.24, 2.45) is 0 Å². The number of nitrogens with one attached hydrogen (secondary N) is 1. The second kappa shape index (κ2) is 5.77. The average Bonchev–Trinajstić information content (AvgIpc) is 2.74. The van der Waals surface area contributed by atoms with Crippen LogP contribution in [0, 0.1) is 12.7 Å². The summed E-state index contributed by atoms with van der Waals surface area (Å²) in [7, 11) is 1.82. The normalized spacial score (nSPS) is 12.7. The first-order valence-corrected chi connectivity index (χ1v) is 7.18. The highest BCUT2D eigenvalue weighted by molar-refractivity contribution is 8.01. The minimum atomic E-state index is -0.192. The summed E-state index contributed by atoms with van der Waals surface area (Å²) in [4.78, 5) is 0.882. The molecule has 0 amide bonds. The fraction of sp³-hybridized carbons (Fsp3) is 0.333. The van der Waals surface area contributed by atoms with Crippen LogP contribution in [0.15, 0.2) is 27.4 Å². The topological polar surface area (TPSA) is 37.8 Å².